The summed E-state index contributed by atoms with van der Waals surface area (Å²) < 4.78 is 2.03. The zero-order valence-electron chi connectivity index (χ0n) is 10.4. The maximum absolute atomic E-state index is 5.95. The number of anilines is 1. The van der Waals surface area contributed by atoms with Crippen LogP contribution in [0.4, 0.5) is 5.69 Å². The van der Waals surface area contributed by atoms with Crippen LogP contribution in [0.5, 0.6) is 0 Å². The molecule has 4 nitrogen and oxygen atoms in total. The number of nitrogen functional groups attached to an aromatic ring is 1. The molecule has 4 heteroatoms. The zero-order chi connectivity index (χ0) is 12.7. The number of rotatable bonds is 1. The van der Waals surface area contributed by atoms with Crippen molar-refractivity contribution in [2.24, 2.45) is 7.05 Å². The predicted octanol–water partition coefficient (Wildman–Crippen LogP) is 2.53. The first-order valence-electron chi connectivity index (χ1n) is 5.80. The lowest BCUT2D eigenvalue weighted by Crippen LogP contribution is -1.95. The molecule has 0 fully saturated rings. The molecule has 0 aliphatic heterocycles. The van der Waals surface area contributed by atoms with Gasteiger partial charge in [-0.25, -0.2) is 4.98 Å². The van der Waals surface area contributed by atoms with Crippen molar-refractivity contribution in [1.82, 2.24) is 14.5 Å². The van der Waals surface area contributed by atoms with Gasteiger partial charge in [-0.3, -0.25) is 4.98 Å². The maximum atomic E-state index is 5.95. The summed E-state index contributed by atoms with van der Waals surface area (Å²) in [6.07, 6.45) is 3.58. The first kappa shape index (κ1) is 10.8. The third-order valence-electron chi connectivity index (χ3n) is 3.22. The molecule has 0 spiro atoms. The fraction of sp³-hybridized carbons (Fsp3) is 0.143. The Balaban J connectivity index is 2.25. The van der Waals surface area contributed by atoms with Crippen LogP contribution in [0.25, 0.3) is 22.4 Å². The summed E-state index contributed by atoms with van der Waals surface area (Å²) in [6, 6.07) is 7.93. The molecule has 0 atom stereocenters. The summed E-state index contributed by atoms with van der Waals surface area (Å²) in [6.45, 7) is 2.00. The van der Waals surface area contributed by atoms with Gasteiger partial charge in [-0.2, -0.15) is 0 Å². The molecule has 0 aliphatic carbocycles. The molecule has 90 valence electrons. The van der Waals surface area contributed by atoms with E-state index < -0.39 is 0 Å². The minimum absolute atomic E-state index is 0.790. The third-order valence-corrected chi connectivity index (χ3v) is 3.22. The van der Waals surface area contributed by atoms with Gasteiger partial charge in [0, 0.05) is 24.5 Å². The largest absolute Gasteiger partial charge is 0.398 e. The second-order valence-corrected chi connectivity index (χ2v) is 4.43. The van der Waals surface area contributed by atoms with E-state index in [-0.39, 0.29) is 0 Å². The van der Waals surface area contributed by atoms with Gasteiger partial charge < -0.3 is 10.3 Å². The number of hydrogen-bond donors (Lipinski definition) is 1. The van der Waals surface area contributed by atoms with E-state index >= 15 is 0 Å². The first-order valence-corrected chi connectivity index (χ1v) is 5.80. The zero-order valence-corrected chi connectivity index (χ0v) is 10.4. The lowest BCUT2D eigenvalue weighted by molar-refractivity contribution is 0.956. The van der Waals surface area contributed by atoms with Crippen molar-refractivity contribution in [3.8, 4) is 11.4 Å². The standard InChI is InChI=1S/C14H14N4/c1-9-3-4-10(7-11(9)15)14-17-12-5-6-16-8-13(12)18(14)2/h3-8H,15H2,1-2H3. The Morgan fingerprint density at radius 3 is 2.78 bits per heavy atom. The second-order valence-electron chi connectivity index (χ2n) is 4.43. The number of nitrogens with zero attached hydrogens (tertiary/aromatic N) is 3. The van der Waals surface area contributed by atoms with Gasteiger partial charge in [0.15, 0.2) is 0 Å². The van der Waals surface area contributed by atoms with E-state index in [0.29, 0.717) is 0 Å². The Bertz CT molecular complexity index is 728. The smallest absolute Gasteiger partial charge is 0.140 e. The normalized spacial score (nSPS) is 11.0. The number of imidazole rings is 1. The van der Waals surface area contributed by atoms with Gasteiger partial charge in [0.2, 0.25) is 0 Å². The van der Waals surface area contributed by atoms with Crippen LogP contribution in [0.3, 0.4) is 0 Å². The Kier molecular flexibility index (Phi) is 2.30. The predicted molar refractivity (Wildman–Crippen MR) is 73.1 cm³/mol. The number of hydrogen-bond acceptors (Lipinski definition) is 3. The molecule has 3 aromatic rings. The third kappa shape index (κ3) is 1.54. The summed E-state index contributed by atoms with van der Waals surface area (Å²) >= 11 is 0. The SMILES string of the molecule is Cc1ccc(-c2nc3ccncc3n2C)cc1N. The van der Waals surface area contributed by atoms with E-state index in [0.717, 1.165) is 33.7 Å². The minimum atomic E-state index is 0.790. The van der Waals surface area contributed by atoms with Gasteiger partial charge in [-0.15, -0.1) is 0 Å². The van der Waals surface area contributed by atoms with Crippen molar-refractivity contribution in [2.75, 3.05) is 5.73 Å². The van der Waals surface area contributed by atoms with E-state index in [1.807, 2.05) is 49.0 Å². The average Bonchev–Trinajstić information content (AvgIpc) is 2.71. The molecule has 0 unspecified atom stereocenters. The average molecular weight is 238 g/mol. The van der Waals surface area contributed by atoms with Crippen LogP contribution in [-0.2, 0) is 7.05 Å². The van der Waals surface area contributed by atoms with Gasteiger partial charge in [0.1, 0.15) is 5.82 Å². The molecule has 0 aliphatic rings. The molecule has 0 bridgehead atoms. The van der Waals surface area contributed by atoms with E-state index in [1.165, 1.54) is 0 Å². The van der Waals surface area contributed by atoms with E-state index in [9.17, 15) is 0 Å². The first-order chi connectivity index (χ1) is 8.66. The molecule has 1 aromatic carbocycles. The quantitative estimate of drug-likeness (QED) is 0.663. The lowest BCUT2D eigenvalue weighted by atomic mass is 10.1. The van der Waals surface area contributed by atoms with Crippen LogP contribution in [0, 0.1) is 6.92 Å². The second kappa shape index (κ2) is 3.84. The number of fused-ring (bicyclic) bond motifs is 1. The highest BCUT2D eigenvalue weighted by atomic mass is 15.1. The summed E-state index contributed by atoms with van der Waals surface area (Å²) in [7, 11) is 1.99. The molecule has 0 radical (unpaired) electrons. The van der Waals surface area contributed by atoms with Crippen LogP contribution in [0.1, 0.15) is 5.56 Å². The van der Waals surface area contributed by atoms with Crippen molar-refractivity contribution in [3.63, 3.8) is 0 Å². The van der Waals surface area contributed by atoms with Crippen molar-refractivity contribution in [2.45, 2.75) is 6.92 Å². The number of aryl methyl sites for hydroxylation is 2. The Labute approximate surface area is 105 Å². The monoisotopic (exact) mass is 238 g/mol. The Hall–Kier alpha value is -2.36. The summed E-state index contributed by atoms with van der Waals surface area (Å²) in [5.74, 6) is 0.907. The fourth-order valence-corrected chi connectivity index (χ4v) is 2.07. The molecular weight excluding hydrogens is 224 g/mol. The van der Waals surface area contributed by atoms with Gasteiger partial charge in [-0.1, -0.05) is 12.1 Å². The lowest BCUT2D eigenvalue weighted by Gasteiger charge is -2.05. The highest BCUT2D eigenvalue weighted by Crippen LogP contribution is 2.25. The molecule has 2 aromatic heterocycles. The van der Waals surface area contributed by atoms with Crippen LogP contribution in [0.2, 0.25) is 0 Å². The summed E-state index contributed by atoms with van der Waals surface area (Å²) in [4.78, 5) is 8.75. The maximum Gasteiger partial charge on any atom is 0.140 e. The number of aromatic nitrogens is 3. The van der Waals surface area contributed by atoms with Crippen molar-refractivity contribution >= 4 is 16.7 Å². The van der Waals surface area contributed by atoms with Crippen molar-refractivity contribution in [3.05, 3.63) is 42.2 Å². The van der Waals surface area contributed by atoms with Crippen LogP contribution >= 0.6 is 0 Å². The number of benzene rings is 1. The minimum Gasteiger partial charge on any atom is -0.398 e. The van der Waals surface area contributed by atoms with Crippen LogP contribution in [-0.4, -0.2) is 14.5 Å². The fourth-order valence-electron chi connectivity index (χ4n) is 2.07. The van der Waals surface area contributed by atoms with Gasteiger partial charge >= 0.3 is 0 Å². The topological polar surface area (TPSA) is 56.7 Å². The number of pyridine rings is 1. The number of nitrogens with two attached hydrogens (primary N) is 1. The highest BCUT2D eigenvalue weighted by Gasteiger charge is 2.10. The molecule has 0 saturated carbocycles. The van der Waals surface area contributed by atoms with E-state index in [2.05, 4.69) is 9.97 Å². The van der Waals surface area contributed by atoms with Crippen molar-refractivity contribution < 1.29 is 0 Å². The van der Waals surface area contributed by atoms with Crippen LogP contribution < -0.4 is 5.73 Å². The molecule has 0 amide bonds. The molecule has 3 rings (SSSR count). The van der Waals surface area contributed by atoms with E-state index in [4.69, 9.17) is 5.73 Å². The van der Waals surface area contributed by atoms with Crippen molar-refractivity contribution in [1.29, 1.82) is 0 Å². The molecular formula is C14H14N4. The van der Waals surface area contributed by atoms with Gasteiger partial charge in [0.25, 0.3) is 0 Å². The highest BCUT2D eigenvalue weighted by molar-refractivity contribution is 5.80. The van der Waals surface area contributed by atoms with Gasteiger partial charge in [0.05, 0.1) is 17.2 Å². The Morgan fingerprint density at radius 1 is 1.22 bits per heavy atom. The molecule has 2 N–H and O–H groups in total. The molecule has 18 heavy (non-hydrogen) atoms. The van der Waals surface area contributed by atoms with Gasteiger partial charge in [-0.05, 0) is 24.6 Å². The molecule has 0 saturated heterocycles. The van der Waals surface area contributed by atoms with Crippen LogP contribution in [0.15, 0.2) is 36.7 Å². The summed E-state index contributed by atoms with van der Waals surface area (Å²) in [5, 5.41) is 0. The van der Waals surface area contributed by atoms with E-state index in [1.54, 1.807) is 6.20 Å². The molecule has 2 heterocycles. The summed E-state index contributed by atoms with van der Waals surface area (Å²) in [5.41, 5.74) is 10.8. The Morgan fingerprint density at radius 2 is 2.06 bits per heavy atom.